The first-order valence-corrected chi connectivity index (χ1v) is 8.15. The zero-order valence-electron chi connectivity index (χ0n) is 11.8. The molecule has 19 heavy (non-hydrogen) atoms. The molecule has 2 unspecified atom stereocenters. The van der Waals surface area contributed by atoms with E-state index in [1.807, 2.05) is 19.1 Å². The Morgan fingerprint density at radius 1 is 1.32 bits per heavy atom. The standard InChI is InChI=1S/C14H22N2O2S/c1-11-6-4-5-7-14(11)19(17,18)15-13-8-9-16(3)10-12(13)2/h4-7,12-13,15H,8-10H2,1-3H3. The van der Waals surface area contributed by atoms with Crippen molar-refractivity contribution in [3.63, 3.8) is 0 Å². The van der Waals surface area contributed by atoms with Gasteiger partial charge in [-0.15, -0.1) is 0 Å². The summed E-state index contributed by atoms with van der Waals surface area (Å²) in [6.45, 7) is 5.79. The van der Waals surface area contributed by atoms with E-state index < -0.39 is 10.0 Å². The van der Waals surface area contributed by atoms with Gasteiger partial charge in [-0.05, 0) is 44.5 Å². The van der Waals surface area contributed by atoms with E-state index in [1.165, 1.54) is 0 Å². The fourth-order valence-electron chi connectivity index (χ4n) is 2.65. The van der Waals surface area contributed by atoms with Crippen LogP contribution in [0, 0.1) is 12.8 Å². The highest BCUT2D eigenvalue weighted by Crippen LogP contribution is 2.20. The number of rotatable bonds is 3. The Morgan fingerprint density at radius 2 is 2.00 bits per heavy atom. The number of hydrogen-bond donors (Lipinski definition) is 1. The largest absolute Gasteiger partial charge is 0.306 e. The van der Waals surface area contributed by atoms with E-state index in [1.54, 1.807) is 12.1 Å². The molecule has 0 spiro atoms. The Labute approximate surface area is 115 Å². The van der Waals surface area contributed by atoms with E-state index in [0.717, 1.165) is 25.1 Å². The molecule has 106 valence electrons. The van der Waals surface area contributed by atoms with Gasteiger partial charge in [0.1, 0.15) is 0 Å². The quantitative estimate of drug-likeness (QED) is 0.916. The molecule has 0 amide bonds. The van der Waals surface area contributed by atoms with Crippen LogP contribution in [0.15, 0.2) is 29.2 Å². The molecule has 1 heterocycles. The molecule has 2 rings (SSSR count). The number of aryl methyl sites for hydroxylation is 1. The van der Waals surface area contributed by atoms with Crippen molar-refractivity contribution >= 4 is 10.0 Å². The lowest BCUT2D eigenvalue weighted by molar-refractivity contribution is 0.188. The van der Waals surface area contributed by atoms with E-state index in [4.69, 9.17) is 0 Å². The van der Waals surface area contributed by atoms with Crippen molar-refractivity contribution in [3.05, 3.63) is 29.8 Å². The molecule has 1 aromatic carbocycles. The maximum Gasteiger partial charge on any atom is 0.241 e. The van der Waals surface area contributed by atoms with Gasteiger partial charge in [-0.1, -0.05) is 25.1 Å². The van der Waals surface area contributed by atoms with Crippen LogP contribution >= 0.6 is 0 Å². The van der Waals surface area contributed by atoms with Gasteiger partial charge >= 0.3 is 0 Å². The Bertz CT molecular complexity index is 542. The van der Waals surface area contributed by atoms with Gasteiger partial charge in [-0.25, -0.2) is 13.1 Å². The van der Waals surface area contributed by atoms with E-state index in [2.05, 4.69) is 23.6 Å². The van der Waals surface area contributed by atoms with Gasteiger partial charge in [0.2, 0.25) is 10.0 Å². The van der Waals surface area contributed by atoms with Crippen molar-refractivity contribution in [2.24, 2.45) is 5.92 Å². The predicted molar refractivity (Wildman–Crippen MR) is 76.6 cm³/mol. The van der Waals surface area contributed by atoms with Crippen LogP contribution in [0.2, 0.25) is 0 Å². The van der Waals surface area contributed by atoms with Crippen molar-refractivity contribution < 1.29 is 8.42 Å². The summed E-state index contributed by atoms with van der Waals surface area (Å²) in [5.41, 5.74) is 0.788. The number of benzene rings is 1. The van der Waals surface area contributed by atoms with E-state index in [0.29, 0.717) is 10.8 Å². The molecule has 0 bridgehead atoms. The first-order valence-electron chi connectivity index (χ1n) is 6.66. The molecule has 0 aliphatic carbocycles. The third kappa shape index (κ3) is 3.35. The van der Waals surface area contributed by atoms with Gasteiger partial charge in [0.25, 0.3) is 0 Å². The molecule has 5 heteroatoms. The van der Waals surface area contributed by atoms with Crippen LogP contribution in [0.25, 0.3) is 0 Å². The molecule has 4 nitrogen and oxygen atoms in total. The molecular formula is C14H22N2O2S. The molecule has 1 fully saturated rings. The molecule has 0 radical (unpaired) electrons. The predicted octanol–water partition coefficient (Wildman–Crippen LogP) is 1.61. The van der Waals surface area contributed by atoms with Crippen LogP contribution in [-0.2, 0) is 10.0 Å². The lowest BCUT2D eigenvalue weighted by Crippen LogP contribution is -2.48. The average molecular weight is 282 g/mol. The number of nitrogens with zero attached hydrogens (tertiary/aromatic N) is 1. The fourth-order valence-corrected chi connectivity index (χ4v) is 4.28. The molecule has 1 N–H and O–H groups in total. The SMILES string of the molecule is Cc1ccccc1S(=O)(=O)NC1CCN(C)CC1C. The maximum atomic E-state index is 12.4. The van der Waals surface area contributed by atoms with Gasteiger partial charge in [-0.3, -0.25) is 0 Å². The average Bonchev–Trinajstić information content (AvgIpc) is 2.33. The summed E-state index contributed by atoms with van der Waals surface area (Å²) >= 11 is 0. The highest BCUT2D eigenvalue weighted by atomic mass is 32.2. The summed E-state index contributed by atoms with van der Waals surface area (Å²) in [7, 11) is -1.34. The second-order valence-corrected chi connectivity index (χ2v) is 7.20. The van der Waals surface area contributed by atoms with Crippen LogP contribution in [0.5, 0.6) is 0 Å². The second-order valence-electron chi connectivity index (χ2n) is 5.52. The molecule has 1 saturated heterocycles. The molecule has 1 aromatic rings. The second kappa shape index (κ2) is 5.61. The van der Waals surface area contributed by atoms with Gasteiger partial charge in [0, 0.05) is 12.6 Å². The zero-order valence-corrected chi connectivity index (χ0v) is 12.6. The summed E-state index contributed by atoms with van der Waals surface area (Å²) in [6.07, 6.45) is 0.864. The van der Waals surface area contributed by atoms with Crippen molar-refractivity contribution in [2.45, 2.75) is 31.2 Å². The highest BCUT2D eigenvalue weighted by molar-refractivity contribution is 7.89. The number of nitrogens with one attached hydrogen (secondary N) is 1. The monoisotopic (exact) mass is 282 g/mol. The van der Waals surface area contributed by atoms with Gasteiger partial charge < -0.3 is 4.90 Å². The Morgan fingerprint density at radius 3 is 2.63 bits per heavy atom. The van der Waals surface area contributed by atoms with Crippen molar-refractivity contribution in [1.82, 2.24) is 9.62 Å². The minimum absolute atomic E-state index is 0.0285. The third-order valence-corrected chi connectivity index (χ3v) is 5.45. The molecule has 0 aromatic heterocycles. The number of hydrogen-bond acceptors (Lipinski definition) is 3. The normalized spacial score (nSPS) is 25.4. The van der Waals surface area contributed by atoms with Crippen LogP contribution in [-0.4, -0.2) is 39.5 Å². The lowest BCUT2D eigenvalue weighted by atomic mass is 9.95. The zero-order chi connectivity index (χ0) is 14.0. The van der Waals surface area contributed by atoms with Gasteiger partial charge in [0.15, 0.2) is 0 Å². The fraction of sp³-hybridized carbons (Fsp3) is 0.571. The van der Waals surface area contributed by atoms with Crippen molar-refractivity contribution in [1.29, 1.82) is 0 Å². The van der Waals surface area contributed by atoms with E-state index in [-0.39, 0.29) is 6.04 Å². The van der Waals surface area contributed by atoms with E-state index >= 15 is 0 Å². The Balaban J connectivity index is 2.16. The molecule has 1 aliphatic rings. The van der Waals surface area contributed by atoms with Gasteiger partial charge in [0.05, 0.1) is 4.90 Å². The molecular weight excluding hydrogens is 260 g/mol. The van der Waals surface area contributed by atoms with Crippen LogP contribution in [0.4, 0.5) is 0 Å². The minimum atomic E-state index is -3.41. The first-order chi connectivity index (χ1) is 8.90. The summed E-state index contributed by atoms with van der Waals surface area (Å²) in [5.74, 6) is 0.331. The third-order valence-electron chi connectivity index (χ3n) is 3.80. The molecule has 2 atom stereocenters. The number of sulfonamides is 1. The smallest absolute Gasteiger partial charge is 0.241 e. The van der Waals surface area contributed by atoms with Gasteiger partial charge in [-0.2, -0.15) is 0 Å². The summed E-state index contributed by atoms with van der Waals surface area (Å²) in [4.78, 5) is 2.63. The Hall–Kier alpha value is -0.910. The molecule has 0 saturated carbocycles. The van der Waals surface area contributed by atoms with Crippen molar-refractivity contribution in [2.75, 3.05) is 20.1 Å². The van der Waals surface area contributed by atoms with E-state index in [9.17, 15) is 8.42 Å². The van der Waals surface area contributed by atoms with Crippen molar-refractivity contribution in [3.8, 4) is 0 Å². The van der Waals surface area contributed by atoms with Crippen LogP contribution in [0.1, 0.15) is 18.9 Å². The van der Waals surface area contributed by atoms with Crippen LogP contribution in [0.3, 0.4) is 0 Å². The summed E-state index contributed by atoms with van der Waals surface area (Å²) in [6, 6.07) is 7.14. The topological polar surface area (TPSA) is 49.4 Å². The lowest BCUT2D eigenvalue weighted by Gasteiger charge is -2.35. The maximum absolute atomic E-state index is 12.4. The number of likely N-dealkylation sites (tertiary alicyclic amines) is 1. The molecule has 1 aliphatic heterocycles. The summed E-state index contributed by atoms with van der Waals surface area (Å²) < 4.78 is 27.7. The van der Waals surface area contributed by atoms with Crippen LogP contribution < -0.4 is 4.72 Å². The minimum Gasteiger partial charge on any atom is -0.306 e. The highest BCUT2D eigenvalue weighted by Gasteiger charge is 2.29. The number of piperidine rings is 1. The first kappa shape index (κ1) is 14.5. The Kier molecular flexibility index (Phi) is 4.28. The summed E-state index contributed by atoms with van der Waals surface area (Å²) in [5, 5.41) is 0.